The Morgan fingerprint density at radius 1 is 1.11 bits per heavy atom. The fourth-order valence-corrected chi connectivity index (χ4v) is 2.17. The van der Waals surface area contributed by atoms with Crippen molar-refractivity contribution in [3.63, 3.8) is 0 Å². The number of nitrogens with one attached hydrogen (secondary N) is 1. The van der Waals surface area contributed by atoms with Gasteiger partial charge in [-0.25, -0.2) is 0 Å². The summed E-state index contributed by atoms with van der Waals surface area (Å²) in [5, 5.41) is 3.37. The van der Waals surface area contributed by atoms with Gasteiger partial charge in [0.15, 0.2) is 11.5 Å². The number of benzene rings is 1. The van der Waals surface area contributed by atoms with Crippen LogP contribution in [0.25, 0.3) is 0 Å². The van der Waals surface area contributed by atoms with Gasteiger partial charge in [-0.05, 0) is 18.6 Å². The predicted molar refractivity (Wildman–Crippen MR) is 70.8 cm³/mol. The lowest BCUT2D eigenvalue weighted by Crippen LogP contribution is -2.30. The molecule has 1 aromatic rings. The zero-order valence-electron chi connectivity index (χ0n) is 10.9. The van der Waals surface area contributed by atoms with Crippen molar-refractivity contribution in [3.8, 4) is 11.5 Å². The first kappa shape index (κ1) is 12.6. The second-order valence-corrected chi connectivity index (χ2v) is 4.70. The Morgan fingerprint density at radius 3 is 2.84 bits per heavy atom. The molecule has 2 heterocycles. The van der Waals surface area contributed by atoms with Crippen LogP contribution < -0.4 is 14.8 Å². The fraction of sp³-hybridized carbons (Fsp3) is 0.571. The van der Waals surface area contributed by atoms with Crippen molar-refractivity contribution in [2.45, 2.75) is 18.9 Å². The predicted octanol–water partition coefficient (Wildman–Crippen LogP) is 2.02. The molecular formula is C14H19NO4. The van der Waals surface area contributed by atoms with Crippen LogP contribution in [-0.4, -0.2) is 39.3 Å². The van der Waals surface area contributed by atoms with Crippen molar-refractivity contribution in [2.24, 2.45) is 0 Å². The van der Waals surface area contributed by atoms with Gasteiger partial charge >= 0.3 is 0 Å². The van der Waals surface area contributed by atoms with E-state index in [2.05, 4.69) is 5.32 Å². The number of fused-ring (bicyclic) bond motifs is 1. The maximum atomic E-state index is 5.66. The van der Waals surface area contributed by atoms with Crippen LogP contribution in [0, 0.1) is 0 Å². The summed E-state index contributed by atoms with van der Waals surface area (Å²) in [6.45, 7) is 3.37. The standard InChI is InChI=1S/C14H19NO4/c1-5-17-13-3-2-11(8-14(13)18-6-1)15-9-12-4-7-16-10-19-12/h2-3,8,12,15H,1,4-7,9-10H2. The van der Waals surface area contributed by atoms with Crippen molar-refractivity contribution in [3.05, 3.63) is 18.2 Å². The number of hydrogen-bond donors (Lipinski definition) is 1. The average Bonchev–Trinajstić information content (AvgIpc) is 2.71. The Hall–Kier alpha value is -1.46. The van der Waals surface area contributed by atoms with Crippen molar-refractivity contribution in [1.29, 1.82) is 0 Å². The molecule has 0 bridgehead atoms. The molecule has 0 spiro atoms. The first-order chi connectivity index (χ1) is 9.42. The smallest absolute Gasteiger partial charge is 0.163 e. The molecular weight excluding hydrogens is 246 g/mol. The molecule has 1 saturated heterocycles. The molecule has 104 valence electrons. The van der Waals surface area contributed by atoms with Crippen molar-refractivity contribution >= 4 is 5.69 Å². The molecule has 5 heteroatoms. The normalized spacial score (nSPS) is 22.6. The van der Waals surface area contributed by atoms with Crippen molar-refractivity contribution in [2.75, 3.05) is 38.5 Å². The van der Waals surface area contributed by atoms with Gasteiger partial charge in [0.2, 0.25) is 0 Å². The third-order valence-corrected chi connectivity index (χ3v) is 3.25. The summed E-state index contributed by atoms with van der Waals surface area (Å²) in [6, 6.07) is 5.95. The zero-order chi connectivity index (χ0) is 12.9. The molecule has 0 saturated carbocycles. The van der Waals surface area contributed by atoms with Gasteiger partial charge in [0.25, 0.3) is 0 Å². The number of rotatable bonds is 3. The molecule has 1 atom stereocenters. The van der Waals surface area contributed by atoms with E-state index in [9.17, 15) is 0 Å². The Labute approximate surface area is 112 Å². The van der Waals surface area contributed by atoms with Crippen LogP contribution in [0.15, 0.2) is 18.2 Å². The van der Waals surface area contributed by atoms with E-state index in [0.29, 0.717) is 13.4 Å². The van der Waals surface area contributed by atoms with Crippen LogP contribution in [0.3, 0.4) is 0 Å². The molecule has 1 fully saturated rings. The lowest BCUT2D eigenvalue weighted by molar-refractivity contribution is -0.133. The van der Waals surface area contributed by atoms with E-state index in [0.717, 1.165) is 49.8 Å². The van der Waals surface area contributed by atoms with E-state index in [4.69, 9.17) is 18.9 Å². The van der Waals surface area contributed by atoms with Gasteiger partial charge in [0.1, 0.15) is 6.79 Å². The Balaban J connectivity index is 1.60. The maximum absolute atomic E-state index is 5.66. The molecule has 2 aliphatic rings. The summed E-state index contributed by atoms with van der Waals surface area (Å²) < 4.78 is 21.9. The van der Waals surface area contributed by atoms with E-state index < -0.39 is 0 Å². The molecule has 19 heavy (non-hydrogen) atoms. The minimum Gasteiger partial charge on any atom is -0.490 e. The zero-order valence-corrected chi connectivity index (χ0v) is 10.9. The molecule has 2 aliphatic heterocycles. The highest BCUT2D eigenvalue weighted by Crippen LogP contribution is 2.32. The monoisotopic (exact) mass is 265 g/mol. The van der Waals surface area contributed by atoms with E-state index >= 15 is 0 Å². The van der Waals surface area contributed by atoms with Crippen LogP contribution in [0.2, 0.25) is 0 Å². The molecule has 3 rings (SSSR count). The highest BCUT2D eigenvalue weighted by atomic mass is 16.7. The minimum absolute atomic E-state index is 0.213. The lowest BCUT2D eigenvalue weighted by atomic mass is 10.2. The van der Waals surface area contributed by atoms with Gasteiger partial charge in [0, 0.05) is 24.7 Å². The molecule has 0 radical (unpaired) electrons. The van der Waals surface area contributed by atoms with Gasteiger partial charge in [-0.1, -0.05) is 0 Å². The van der Waals surface area contributed by atoms with E-state index in [1.54, 1.807) is 0 Å². The van der Waals surface area contributed by atoms with Crippen LogP contribution in [0.1, 0.15) is 12.8 Å². The number of ether oxygens (including phenoxy) is 4. The second-order valence-electron chi connectivity index (χ2n) is 4.70. The topological polar surface area (TPSA) is 49.0 Å². The third kappa shape index (κ3) is 3.30. The lowest BCUT2D eigenvalue weighted by Gasteiger charge is -2.23. The maximum Gasteiger partial charge on any atom is 0.163 e. The number of hydrogen-bond acceptors (Lipinski definition) is 5. The van der Waals surface area contributed by atoms with Crippen LogP contribution >= 0.6 is 0 Å². The summed E-state index contributed by atoms with van der Waals surface area (Å²) in [5.41, 5.74) is 1.03. The summed E-state index contributed by atoms with van der Waals surface area (Å²) in [5.74, 6) is 1.64. The van der Waals surface area contributed by atoms with Gasteiger partial charge in [-0.2, -0.15) is 0 Å². The quantitative estimate of drug-likeness (QED) is 0.906. The SMILES string of the molecule is c1cc2c(cc1NCC1CCOCO1)OCCCO2. The molecule has 0 aromatic heterocycles. The number of anilines is 1. The van der Waals surface area contributed by atoms with Crippen LogP contribution in [0.5, 0.6) is 11.5 Å². The second kappa shape index (κ2) is 6.12. The first-order valence-electron chi connectivity index (χ1n) is 6.75. The molecule has 0 amide bonds. The van der Waals surface area contributed by atoms with Crippen molar-refractivity contribution in [1.82, 2.24) is 0 Å². The van der Waals surface area contributed by atoms with E-state index in [1.165, 1.54) is 0 Å². The van der Waals surface area contributed by atoms with E-state index in [-0.39, 0.29) is 6.10 Å². The van der Waals surface area contributed by atoms with Gasteiger partial charge in [-0.15, -0.1) is 0 Å². The Kier molecular flexibility index (Phi) is 4.05. The molecule has 0 aliphatic carbocycles. The summed E-state index contributed by atoms with van der Waals surface area (Å²) >= 11 is 0. The summed E-state index contributed by atoms with van der Waals surface area (Å²) in [7, 11) is 0. The molecule has 1 N–H and O–H groups in total. The fourth-order valence-electron chi connectivity index (χ4n) is 2.17. The largest absolute Gasteiger partial charge is 0.490 e. The summed E-state index contributed by atoms with van der Waals surface area (Å²) in [4.78, 5) is 0. The average molecular weight is 265 g/mol. The van der Waals surface area contributed by atoms with Crippen LogP contribution in [-0.2, 0) is 9.47 Å². The Morgan fingerprint density at radius 2 is 2.00 bits per heavy atom. The third-order valence-electron chi connectivity index (χ3n) is 3.25. The van der Waals surface area contributed by atoms with E-state index in [1.807, 2.05) is 18.2 Å². The summed E-state index contributed by atoms with van der Waals surface area (Å²) in [6.07, 6.45) is 2.06. The molecule has 5 nitrogen and oxygen atoms in total. The van der Waals surface area contributed by atoms with Gasteiger partial charge < -0.3 is 24.3 Å². The van der Waals surface area contributed by atoms with Crippen molar-refractivity contribution < 1.29 is 18.9 Å². The Bertz CT molecular complexity index is 418. The van der Waals surface area contributed by atoms with Gasteiger partial charge in [-0.3, -0.25) is 0 Å². The van der Waals surface area contributed by atoms with Gasteiger partial charge in [0.05, 0.1) is 25.9 Å². The highest BCUT2D eigenvalue weighted by molar-refractivity contribution is 5.55. The first-order valence-corrected chi connectivity index (χ1v) is 6.75. The van der Waals surface area contributed by atoms with Crippen LogP contribution in [0.4, 0.5) is 5.69 Å². The minimum atomic E-state index is 0.213. The molecule has 1 aromatic carbocycles. The molecule has 1 unspecified atom stereocenters. The highest BCUT2D eigenvalue weighted by Gasteiger charge is 2.15.